The Balaban J connectivity index is 2.62. The highest BCUT2D eigenvalue weighted by atomic mass is 16.5. The summed E-state index contributed by atoms with van der Waals surface area (Å²) < 4.78 is 10.3. The van der Waals surface area contributed by atoms with Crippen molar-refractivity contribution in [3.05, 3.63) is 23.8 Å². The highest BCUT2D eigenvalue weighted by Crippen LogP contribution is 2.22. The Bertz CT molecular complexity index is 390. The Morgan fingerprint density at radius 3 is 2.71 bits per heavy atom. The van der Waals surface area contributed by atoms with Crippen LogP contribution in [0.3, 0.4) is 0 Å². The van der Waals surface area contributed by atoms with Crippen LogP contribution in [-0.4, -0.2) is 19.2 Å². The number of hydrogen-bond donors (Lipinski definition) is 1. The molecule has 0 aromatic heterocycles. The minimum Gasteiger partial charge on any atom is -0.495 e. The van der Waals surface area contributed by atoms with E-state index in [9.17, 15) is 4.79 Å². The molecule has 0 aliphatic rings. The van der Waals surface area contributed by atoms with Crippen LogP contribution >= 0.6 is 0 Å². The van der Waals surface area contributed by atoms with Crippen LogP contribution < -0.4 is 10.5 Å². The van der Waals surface area contributed by atoms with Crippen LogP contribution in [0, 0.1) is 0 Å². The van der Waals surface area contributed by atoms with E-state index in [0.29, 0.717) is 24.3 Å². The largest absolute Gasteiger partial charge is 0.495 e. The number of esters is 1. The molecule has 4 nitrogen and oxygen atoms in total. The van der Waals surface area contributed by atoms with Crippen LogP contribution in [-0.2, 0) is 16.0 Å². The van der Waals surface area contributed by atoms with Crippen LogP contribution in [0.2, 0.25) is 0 Å². The first kappa shape index (κ1) is 13.4. The van der Waals surface area contributed by atoms with E-state index in [1.165, 1.54) is 0 Å². The van der Waals surface area contributed by atoms with E-state index in [1.807, 2.05) is 25.1 Å². The van der Waals surface area contributed by atoms with E-state index in [1.54, 1.807) is 14.0 Å². The van der Waals surface area contributed by atoms with Gasteiger partial charge in [-0.05, 0) is 24.6 Å². The van der Waals surface area contributed by atoms with Gasteiger partial charge in [-0.1, -0.05) is 13.0 Å². The fraction of sp³-hybridized carbons (Fsp3) is 0.462. The van der Waals surface area contributed by atoms with E-state index in [4.69, 9.17) is 15.2 Å². The summed E-state index contributed by atoms with van der Waals surface area (Å²) >= 11 is 0. The molecule has 1 atom stereocenters. The van der Waals surface area contributed by atoms with E-state index < -0.39 is 0 Å². The minimum absolute atomic E-state index is 0.143. The molecule has 2 N–H and O–H groups in total. The van der Waals surface area contributed by atoms with Crippen LogP contribution in [0.4, 0.5) is 5.69 Å². The maximum Gasteiger partial charge on any atom is 0.305 e. The molecule has 1 rings (SSSR count). The van der Waals surface area contributed by atoms with Crippen molar-refractivity contribution >= 4 is 11.7 Å². The first-order valence-corrected chi connectivity index (χ1v) is 5.68. The van der Waals surface area contributed by atoms with Crippen molar-refractivity contribution in [1.29, 1.82) is 0 Å². The van der Waals surface area contributed by atoms with Gasteiger partial charge in [-0.3, -0.25) is 4.79 Å². The van der Waals surface area contributed by atoms with Crippen molar-refractivity contribution in [2.24, 2.45) is 0 Å². The number of anilines is 1. The molecule has 1 unspecified atom stereocenters. The van der Waals surface area contributed by atoms with Crippen molar-refractivity contribution in [1.82, 2.24) is 0 Å². The first-order valence-electron chi connectivity index (χ1n) is 5.68. The number of nitrogen functional groups attached to an aromatic ring is 1. The molecule has 0 aliphatic heterocycles. The molecule has 94 valence electrons. The number of benzene rings is 1. The first-order chi connectivity index (χ1) is 8.06. The summed E-state index contributed by atoms with van der Waals surface area (Å²) in [6.07, 6.45) is 0.907. The van der Waals surface area contributed by atoms with Gasteiger partial charge in [-0.15, -0.1) is 0 Å². The number of hydrogen-bond acceptors (Lipinski definition) is 4. The standard InChI is InChI=1S/C13H19NO3/c1-4-13(15)17-9(2)7-10-5-6-12(16-3)11(14)8-10/h5-6,8-9H,4,7,14H2,1-3H3. The lowest BCUT2D eigenvalue weighted by Crippen LogP contribution is -2.16. The minimum atomic E-state index is -0.181. The van der Waals surface area contributed by atoms with E-state index in [2.05, 4.69) is 0 Å². The third-order valence-electron chi connectivity index (χ3n) is 2.44. The molecular weight excluding hydrogens is 218 g/mol. The molecule has 0 radical (unpaired) electrons. The van der Waals surface area contributed by atoms with Crippen molar-refractivity contribution < 1.29 is 14.3 Å². The van der Waals surface area contributed by atoms with Crippen molar-refractivity contribution in [3.8, 4) is 5.75 Å². The van der Waals surface area contributed by atoms with Crippen LogP contribution in [0.15, 0.2) is 18.2 Å². The molecule has 0 saturated carbocycles. The predicted octanol–water partition coefficient (Wildman–Crippen LogP) is 2.16. The molecule has 0 heterocycles. The molecular formula is C13H19NO3. The van der Waals surface area contributed by atoms with Gasteiger partial charge in [0.05, 0.1) is 12.8 Å². The fourth-order valence-corrected chi connectivity index (χ4v) is 1.59. The Hall–Kier alpha value is -1.71. The second-order valence-corrected chi connectivity index (χ2v) is 3.93. The van der Waals surface area contributed by atoms with Gasteiger partial charge in [-0.25, -0.2) is 0 Å². The third kappa shape index (κ3) is 3.98. The van der Waals surface area contributed by atoms with Gasteiger partial charge in [0.15, 0.2) is 0 Å². The molecule has 17 heavy (non-hydrogen) atoms. The summed E-state index contributed by atoms with van der Waals surface area (Å²) in [5.41, 5.74) is 7.43. The number of nitrogens with two attached hydrogens (primary N) is 1. The van der Waals surface area contributed by atoms with Crippen molar-refractivity contribution in [2.45, 2.75) is 32.8 Å². The molecule has 0 aliphatic carbocycles. The molecule has 1 aromatic carbocycles. The highest BCUT2D eigenvalue weighted by Gasteiger charge is 2.09. The third-order valence-corrected chi connectivity index (χ3v) is 2.44. The Kier molecular flexibility index (Phi) is 4.82. The maximum atomic E-state index is 11.1. The van der Waals surface area contributed by atoms with Crippen LogP contribution in [0.1, 0.15) is 25.8 Å². The zero-order valence-electron chi connectivity index (χ0n) is 10.5. The summed E-state index contributed by atoms with van der Waals surface area (Å²) in [5, 5.41) is 0. The number of carbonyl (C=O) groups is 1. The lowest BCUT2D eigenvalue weighted by atomic mass is 10.1. The van der Waals surface area contributed by atoms with Gasteiger partial charge in [0.25, 0.3) is 0 Å². The van der Waals surface area contributed by atoms with E-state index in [-0.39, 0.29) is 12.1 Å². The molecule has 0 fully saturated rings. The second kappa shape index (κ2) is 6.13. The molecule has 0 saturated heterocycles. The predicted molar refractivity (Wildman–Crippen MR) is 67.0 cm³/mol. The zero-order chi connectivity index (χ0) is 12.8. The molecule has 4 heteroatoms. The lowest BCUT2D eigenvalue weighted by molar-refractivity contribution is -0.147. The molecule has 0 spiro atoms. The van der Waals surface area contributed by atoms with E-state index in [0.717, 1.165) is 5.56 Å². The smallest absolute Gasteiger partial charge is 0.305 e. The number of rotatable bonds is 5. The van der Waals surface area contributed by atoms with Gasteiger partial charge < -0.3 is 15.2 Å². The van der Waals surface area contributed by atoms with Gasteiger partial charge in [0, 0.05) is 12.8 Å². The van der Waals surface area contributed by atoms with Crippen LogP contribution in [0.25, 0.3) is 0 Å². The number of ether oxygens (including phenoxy) is 2. The van der Waals surface area contributed by atoms with Gasteiger partial charge in [0.1, 0.15) is 11.9 Å². The van der Waals surface area contributed by atoms with Crippen LogP contribution in [0.5, 0.6) is 5.75 Å². The molecule has 0 amide bonds. The summed E-state index contributed by atoms with van der Waals surface area (Å²) in [4.78, 5) is 11.1. The summed E-state index contributed by atoms with van der Waals surface area (Å²) in [5.74, 6) is 0.478. The van der Waals surface area contributed by atoms with Crippen molar-refractivity contribution in [3.63, 3.8) is 0 Å². The normalized spacial score (nSPS) is 11.9. The monoisotopic (exact) mass is 237 g/mol. The fourth-order valence-electron chi connectivity index (χ4n) is 1.59. The maximum absolute atomic E-state index is 11.1. The summed E-state index contributed by atoms with van der Waals surface area (Å²) in [6, 6.07) is 5.58. The van der Waals surface area contributed by atoms with Gasteiger partial charge in [0.2, 0.25) is 0 Å². The average Bonchev–Trinajstić information content (AvgIpc) is 2.29. The Labute approximate surface area is 102 Å². The highest BCUT2D eigenvalue weighted by molar-refractivity contribution is 5.69. The Morgan fingerprint density at radius 2 is 2.18 bits per heavy atom. The summed E-state index contributed by atoms with van der Waals surface area (Å²) in [7, 11) is 1.58. The second-order valence-electron chi connectivity index (χ2n) is 3.93. The molecule has 1 aromatic rings. The SMILES string of the molecule is CCC(=O)OC(C)Cc1ccc(OC)c(N)c1. The quantitative estimate of drug-likeness (QED) is 0.629. The number of methoxy groups -OCH3 is 1. The topological polar surface area (TPSA) is 61.5 Å². The van der Waals surface area contributed by atoms with Gasteiger partial charge in [-0.2, -0.15) is 0 Å². The van der Waals surface area contributed by atoms with E-state index >= 15 is 0 Å². The average molecular weight is 237 g/mol. The Morgan fingerprint density at radius 1 is 1.47 bits per heavy atom. The van der Waals surface area contributed by atoms with Crippen molar-refractivity contribution in [2.75, 3.05) is 12.8 Å². The number of carbonyl (C=O) groups excluding carboxylic acids is 1. The summed E-state index contributed by atoms with van der Waals surface area (Å²) in [6.45, 7) is 3.65. The lowest BCUT2D eigenvalue weighted by Gasteiger charge is -2.13. The zero-order valence-corrected chi connectivity index (χ0v) is 10.5. The molecule has 0 bridgehead atoms. The van der Waals surface area contributed by atoms with Gasteiger partial charge >= 0.3 is 5.97 Å².